The summed E-state index contributed by atoms with van der Waals surface area (Å²) >= 11 is 0. The molecule has 1 aliphatic rings. The maximum atomic E-state index is 11.8. The van der Waals surface area contributed by atoms with Gasteiger partial charge in [0.05, 0.1) is 23.5 Å². The first-order valence-electron chi connectivity index (χ1n) is 5.18. The van der Waals surface area contributed by atoms with Crippen LogP contribution < -0.4 is 10.6 Å². The number of anilines is 1. The normalized spacial score (nSPS) is 20.5. The number of rotatable bonds is 2. The van der Waals surface area contributed by atoms with E-state index >= 15 is 0 Å². The third kappa shape index (κ3) is 2.02. The third-order valence-electron chi connectivity index (χ3n) is 2.92. The summed E-state index contributed by atoms with van der Waals surface area (Å²) in [5, 5.41) is 10.2. The van der Waals surface area contributed by atoms with Crippen molar-refractivity contribution in [3.05, 3.63) is 11.9 Å². The molecule has 0 saturated carbocycles. The van der Waals surface area contributed by atoms with E-state index in [1.807, 2.05) is 14.0 Å². The summed E-state index contributed by atoms with van der Waals surface area (Å²) in [5.74, 6) is 0.195. The Bertz CT molecular complexity index is 365. The summed E-state index contributed by atoms with van der Waals surface area (Å²) in [4.78, 5) is 11.8. The summed E-state index contributed by atoms with van der Waals surface area (Å²) < 4.78 is 1.75. The second-order valence-corrected chi connectivity index (χ2v) is 3.95. The second kappa shape index (κ2) is 4.02. The quantitative estimate of drug-likeness (QED) is 0.733. The van der Waals surface area contributed by atoms with Gasteiger partial charge in [0.2, 0.25) is 5.91 Å². The van der Waals surface area contributed by atoms with E-state index in [0.717, 1.165) is 30.9 Å². The van der Waals surface area contributed by atoms with Crippen LogP contribution in [0, 0.1) is 12.8 Å². The fourth-order valence-electron chi connectivity index (χ4n) is 1.73. The van der Waals surface area contributed by atoms with E-state index in [1.165, 1.54) is 0 Å². The Morgan fingerprint density at radius 2 is 2.53 bits per heavy atom. The van der Waals surface area contributed by atoms with E-state index in [4.69, 9.17) is 0 Å². The Labute approximate surface area is 88.8 Å². The summed E-state index contributed by atoms with van der Waals surface area (Å²) in [6.45, 7) is 3.66. The molecular weight excluding hydrogens is 192 g/mol. The molecule has 1 amide bonds. The topological polar surface area (TPSA) is 59.0 Å². The molecule has 15 heavy (non-hydrogen) atoms. The van der Waals surface area contributed by atoms with Gasteiger partial charge < -0.3 is 10.6 Å². The fraction of sp³-hybridized carbons (Fsp3) is 0.600. The van der Waals surface area contributed by atoms with Crippen molar-refractivity contribution in [3.8, 4) is 0 Å². The lowest BCUT2D eigenvalue weighted by Crippen LogP contribution is -2.24. The van der Waals surface area contributed by atoms with E-state index in [9.17, 15) is 4.79 Å². The van der Waals surface area contributed by atoms with Gasteiger partial charge in [-0.3, -0.25) is 9.48 Å². The maximum Gasteiger partial charge on any atom is 0.228 e. The molecule has 5 heteroatoms. The fourth-order valence-corrected chi connectivity index (χ4v) is 1.73. The van der Waals surface area contributed by atoms with E-state index in [2.05, 4.69) is 15.7 Å². The van der Waals surface area contributed by atoms with Gasteiger partial charge in [-0.2, -0.15) is 5.10 Å². The van der Waals surface area contributed by atoms with Gasteiger partial charge in [0.25, 0.3) is 0 Å². The van der Waals surface area contributed by atoms with Gasteiger partial charge in [-0.15, -0.1) is 0 Å². The number of nitrogens with zero attached hydrogens (tertiary/aromatic N) is 2. The number of hydrogen-bond acceptors (Lipinski definition) is 3. The van der Waals surface area contributed by atoms with Crippen molar-refractivity contribution in [2.75, 3.05) is 18.4 Å². The molecule has 0 spiro atoms. The minimum atomic E-state index is 0.0936. The predicted molar refractivity (Wildman–Crippen MR) is 57.6 cm³/mol. The predicted octanol–water partition coefficient (Wildman–Crippen LogP) is 0.277. The molecule has 1 aromatic heterocycles. The van der Waals surface area contributed by atoms with Crippen LogP contribution in [-0.2, 0) is 11.8 Å². The zero-order valence-electron chi connectivity index (χ0n) is 9.08. The molecule has 2 heterocycles. The molecule has 1 atom stereocenters. The van der Waals surface area contributed by atoms with Gasteiger partial charge >= 0.3 is 0 Å². The highest BCUT2D eigenvalue weighted by Gasteiger charge is 2.23. The lowest BCUT2D eigenvalue weighted by atomic mass is 10.1. The van der Waals surface area contributed by atoms with Gasteiger partial charge in [-0.05, 0) is 19.9 Å². The highest BCUT2D eigenvalue weighted by atomic mass is 16.1. The first kappa shape index (κ1) is 10.2. The zero-order chi connectivity index (χ0) is 10.8. The molecule has 82 valence electrons. The second-order valence-electron chi connectivity index (χ2n) is 3.95. The van der Waals surface area contributed by atoms with Crippen molar-refractivity contribution in [1.29, 1.82) is 0 Å². The van der Waals surface area contributed by atoms with Crippen LogP contribution in [0.5, 0.6) is 0 Å². The van der Waals surface area contributed by atoms with Crippen molar-refractivity contribution >= 4 is 11.6 Å². The van der Waals surface area contributed by atoms with E-state index in [1.54, 1.807) is 10.9 Å². The highest BCUT2D eigenvalue weighted by molar-refractivity contribution is 5.93. The number of carbonyl (C=O) groups is 1. The minimum Gasteiger partial charge on any atom is -0.323 e. The first-order valence-corrected chi connectivity index (χ1v) is 5.18. The number of hydrogen-bond donors (Lipinski definition) is 2. The summed E-state index contributed by atoms with van der Waals surface area (Å²) in [6.07, 6.45) is 2.61. The van der Waals surface area contributed by atoms with Crippen LogP contribution in [0.1, 0.15) is 12.1 Å². The van der Waals surface area contributed by atoms with Gasteiger partial charge in [0.15, 0.2) is 0 Å². The standard InChI is InChI=1S/C10H16N4O/c1-7-9(6-12-14(7)2)13-10(15)8-3-4-11-5-8/h6,8,11H,3-5H2,1-2H3,(H,13,15). The summed E-state index contributed by atoms with van der Waals surface area (Å²) in [6, 6.07) is 0. The lowest BCUT2D eigenvalue weighted by molar-refractivity contribution is -0.119. The molecule has 0 radical (unpaired) electrons. The number of nitrogens with one attached hydrogen (secondary N) is 2. The molecule has 1 aromatic rings. The van der Waals surface area contributed by atoms with E-state index in [-0.39, 0.29) is 11.8 Å². The number of carbonyl (C=O) groups excluding carboxylic acids is 1. The van der Waals surface area contributed by atoms with Crippen LogP contribution >= 0.6 is 0 Å². The highest BCUT2D eigenvalue weighted by Crippen LogP contribution is 2.15. The monoisotopic (exact) mass is 208 g/mol. The Kier molecular flexibility index (Phi) is 2.73. The molecular formula is C10H16N4O. The van der Waals surface area contributed by atoms with Crippen molar-refractivity contribution in [3.63, 3.8) is 0 Å². The Morgan fingerprint density at radius 1 is 1.73 bits per heavy atom. The van der Waals surface area contributed by atoms with Crippen molar-refractivity contribution in [1.82, 2.24) is 15.1 Å². The van der Waals surface area contributed by atoms with E-state index in [0.29, 0.717) is 0 Å². The van der Waals surface area contributed by atoms with Crippen molar-refractivity contribution in [2.24, 2.45) is 13.0 Å². The zero-order valence-corrected chi connectivity index (χ0v) is 9.08. The van der Waals surface area contributed by atoms with Crippen LogP contribution in [0.3, 0.4) is 0 Å². The summed E-state index contributed by atoms with van der Waals surface area (Å²) in [7, 11) is 1.86. The average molecular weight is 208 g/mol. The minimum absolute atomic E-state index is 0.0936. The average Bonchev–Trinajstić information content (AvgIpc) is 2.83. The van der Waals surface area contributed by atoms with Gasteiger partial charge in [0.1, 0.15) is 0 Å². The van der Waals surface area contributed by atoms with Crippen LogP contribution in [0.4, 0.5) is 5.69 Å². The molecule has 1 fully saturated rings. The molecule has 1 unspecified atom stereocenters. The SMILES string of the molecule is Cc1c(NC(=O)C2CCNC2)cnn1C. The van der Waals surface area contributed by atoms with Crippen molar-refractivity contribution < 1.29 is 4.79 Å². The maximum absolute atomic E-state index is 11.8. The van der Waals surface area contributed by atoms with Crippen LogP contribution in [0.15, 0.2) is 6.20 Å². The number of aromatic nitrogens is 2. The Balaban J connectivity index is 2.02. The lowest BCUT2D eigenvalue weighted by Gasteiger charge is -2.08. The Hall–Kier alpha value is -1.36. The van der Waals surface area contributed by atoms with Crippen LogP contribution in [-0.4, -0.2) is 28.8 Å². The first-order chi connectivity index (χ1) is 7.18. The van der Waals surface area contributed by atoms with Crippen molar-refractivity contribution in [2.45, 2.75) is 13.3 Å². The van der Waals surface area contributed by atoms with E-state index < -0.39 is 0 Å². The Morgan fingerprint density at radius 3 is 3.07 bits per heavy atom. The smallest absolute Gasteiger partial charge is 0.228 e. The molecule has 0 aromatic carbocycles. The van der Waals surface area contributed by atoms with Crippen LogP contribution in [0.25, 0.3) is 0 Å². The summed E-state index contributed by atoms with van der Waals surface area (Å²) in [5.41, 5.74) is 1.80. The molecule has 5 nitrogen and oxygen atoms in total. The molecule has 2 rings (SSSR count). The van der Waals surface area contributed by atoms with Gasteiger partial charge in [-0.1, -0.05) is 0 Å². The molecule has 1 aliphatic heterocycles. The number of aryl methyl sites for hydroxylation is 1. The largest absolute Gasteiger partial charge is 0.323 e. The van der Waals surface area contributed by atoms with Gasteiger partial charge in [-0.25, -0.2) is 0 Å². The molecule has 0 bridgehead atoms. The molecule has 1 saturated heterocycles. The molecule has 0 aliphatic carbocycles. The third-order valence-corrected chi connectivity index (χ3v) is 2.92. The van der Waals surface area contributed by atoms with Crippen LogP contribution in [0.2, 0.25) is 0 Å². The van der Waals surface area contributed by atoms with Gasteiger partial charge in [0, 0.05) is 13.6 Å². The number of amides is 1. The molecule has 2 N–H and O–H groups in total.